The summed E-state index contributed by atoms with van der Waals surface area (Å²) in [6.07, 6.45) is 6.70. The summed E-state index contributed by atoms with van der Waals surface area (Å²) in [5.41, 5.74) is 1.04. The third kappa shape index (κ3) is 4.55. The molecule has 3 aliphatic heterocycles. The van der Waals surface area contributed by atoms with Crippen molar-refractivity contribution in [2.75, 3.05) is 31.5 Å². The number of piperidine rings is 1. The molecule has 3 aliphatic rings. The van der Waals surface area contributed by atoms with Crippen LogP contribution in [-0.4, -0.2) is 58.5 Å². The summed E-state index contributed by atoms with van der Waals surface area (Å²) >= 11 is 12.1. The number of hydrogen-bond donors (Lipinski definition) is 3. The molecule has 1 amide bonds. The highest BCUT2D eigenvalue weighted by Crippen LogP contribution is 2.32. The summed E-state index contributed by atoms with van der Waals surface area (Å²) in [6, 6.07) is 0. The van der Waals surface area contributed by atoms with Gasteiger partial charge < -0.3 is 15.5 Å². The number of fused-ring (bicyclic) bond motifs is 1. The van der Waals surface area contributed by atoms with E-state index in [1.165, 1.54) is 6.20 Å². The van der Waals surface area contributed by atoms with Crippen molar-refractivity contribution in [3.63, 3.8) is 0 Å². The Bertz CT molecular complexity index is 877. The summed E-state index contributed by atoms with van der Waals surface area (Å²) in [7, 11) is 0. The Kier molecular flexibility index (Phi) is 6.46. The predicted molar refractivity (Wildman–Crippen MR) is 115 cm³/mol. The quantitative estimate of drug-likeness (QED) is 0.593. The maximum Gasteiger partial charge on any atom is 0.240 e. The van der Waals surface area contributed by atoms with Gasteiger partial charge in [0.1, 0.15) is 11.2 Å². The molecule has 0 saturated carbocycles. The maximum atomic E-state index is 14.4. The number of alkyl halides is 1. The van der Waals surface area contributed by atoms with Gasteiger partial charge in [-0.3, -0.25) is 10.1 Å². The molecule has 30 heavy (non-hydrogen) atoms. The van der Waals surface area contributed by atoms with Gasteiger partial charge in [0.05, 0.1) is 23.3 Å². The molecule has 4 rings (SSSR count). The average molecular weight is 455 g/mol. The van der Waals surface area contributed by atoms with Crippen LogP contribution in [0.25, 0.3) is 0 Å². The molecule has 10 heteroatoms. The molecule has 3 unspecified atom stereocenters. The zero-order valence-electron chi connectivity index (χ0n) is 16.7. The van der Waals surface area contributed by atoms with E-state index in [4.69, 9.17) is 23.2 Å². The number of halogens is 3. The predicted octanol–water partition coefficient (Wildman–Crippen LogP) is 2.52. The minimum absolute atomic E-state index is 0.0161. The van der Waals surface area contributed by atoms with E-state index < -0.39 is 11.2 Å². The van der Waals surface area contributed by atoms with Crippen LogP contribution in [0.2, 0.25) is 0 Å². The zero-order chi connectivity index (χ0) is 21.3. The van der Waals surface area contributed by atoms with Gasteiger partial charge in [-0.05, 0) is 37.3 Å². The number of carbonyl (C=O) groups is 1. The van der Waals surface area contributed by atoms with Crippen LogP contribution in [0.15, 0.2) is 29.1 Å². The molecule has 2 fully saturated rings. The first-order valence-electron chi connectivity index (χ1n) is 10.2. The van der Waals surface area contributed by atoms with Crippen LogP contribution in [0, 0.1) is 11.7 Å². The lowest BCUT2D eigenvalue weighted by molar-refractivity contribution is -0.132. The summed E-state index contributed by atoms with van der Waals surface area (Å²) in [6.45, 7) is 4.18. The highest BCUT2D eigenvalue weighted by molar-refractivity contribution is 6.31. The largest absolute Gasteiger partial charge is 0.371 e. The zero-order valence-corrected chi connectivity index (χ0v) is 18.2. The molecular formula is C20H25Cl2FN6O. The van der Waals surface area contributed by atoms with Crippen LogP contribution in [-0.2, 0) is 4.79 Å². The number of likely N-dealkylation sites (tertiary alicyclic amines) is 1. The van der Waals surface area contributed by atoms with Crippen LogP contribution >= 0.6 is 23.2 Å². The van der Waals surface area contributed by atoms with E-state index in [9.17, 15) is 9.18 Å². The van der Waals surface area contributed by atoms with Gasteiger partial charge in [0.15, 0.2) is 11.6 Å². The van der Waals surface area contributed by atoms with E-state index in [0.29, 0.717) is 37.0 Å². The smallest absolute Gasteiger partial charge is 0.240 e. The van der Waals surface area contributed by atoms with Crippen molar-refractivity contribution in [2.24, 2.45) is 5.92 Å². The number of nitrogens with one attached hydrogen (secondary N) is 3. The van der Waals surface area contributed by atoms with Crippen molar-refractivity contribution in [3.05, 3.63) is 40.7 Å². The van der Waals surface area contributed by atoms with Crippen LogP contribution in [0.4, 0.5) is 10.2 Å². The topological polar surface area (TPSA) is 82.2 Å². The lowest BCUT2D eigenvalue weighted by Gasteiger charge is -2.33. The number of anilines is 1. The lowest BCUT2D eigenvalue weighted by atomic mass is 9.97. The molecule has 0 radical (unpaired) electrons. The van der Waals surface area contributed by atoms with E-state index >= 15 is 0 Å². The second kappa shape index (κ2) is 9.08. The molecule has 1 aromatic rings. The molecule has 3 N–H and O–H groups in total. The first-order chi connectivity index (χ1) is 14.4. The lowest BCUT2D eigenvalue weighted by Crippen LogP contribution is -2.44. The minimum atomic E-state index is -0.533. The Morgan fingerprint density at radius 3 is 3.13 bits per heavy atom. The molecule has 2 saturated heterocycles. The molecule has 0 aromatic carbocycles. The fourth-order valence-electron chi connectivity index (χ4n) is 4.21. The summed E-state index contributed by atoms with van der Waals surface area (Å²) < 4.78 is 14.4. The number of rotatable bonds is 5. The highest BCUT2D eigenvalue weighted by Gasteiger charge is 2.34. The molecule has 1 aromatic heterocycles. The van der Waals surface area contributed by atoms with Crippen molar-refractivity contribution in [1.29, 1.82) is 0 Å². The van der Waals surface area contributed by atoms with Crippen molar-refractivity contribution in [2.45, 2.75) is 37.2 Å². The number of dihydropyridines is 1. The highest BCUT2D eigenvalue weighted by atomic mass is 35.5. The Labute approximate surface area is 185 Å². The average Bonchev–Trinajstić information content (AvgIpc) is 3.15. The van der Waals surface area contributed by atoms with Crippen LogP contribution < -0.4 is 16.0 Å². The summed E-state index contributed by atoms with van der Waals surface area (Å²) in [5, 5.41) is 9.73. The second-order valence-corrected chi connectivity index (χ2v) is 9.04. The van der Waals surface area contributed by atoms with Gasteiger partial charge in [-0.2, -0.15) is 0 Å². The number of hydrogen-bond acceptors (Lipinski definition) is 6. The number of allylic oxidation sites excluding steroid dienone is 2. The fourth-order valence-corrected chi connectivity index (χ4v) is 4.54. The standard InChI is InChI=1S/C20H25Cl2FN6O/c1-11(21)20(30)29-4-2-3-12(10-29)6-24-19-16(23)9-27-18(28-19)15-8-26-17-14(15)5-13(22)7-25-17/h5,7,9,11-12,15,17,25-26H,2-4,6,8,10H2,1H3,(H,24,27,28)/t11?,12-,15?,17?/m1/s1. The van der Waals surface area contributed by atoms with Gasteiger partial charge in [0.25, 0.3) is 0 Å². The maximum absolute atomic E-state index is 14.4. The van der Waals surface area contributed by atoms with Crippen LogP contribution in [0.3, 0.4) is 0 Å². The second-order valence-electron chi connectivity index (χ2n) is 7.95. The molecule has 4 heterocycles. The van der Waals surface area contributed by atoms with E-state index in [-0.39, 0.29) is 29.7 Å². The normalized spacial score (nSPS) is 26.9. The van der Waals surface area contributed by atoms with Gasteiger partial charge in [0, 0.05) is 32.4 Å². The van der Waals surface area contributed by atoms with Crippen molar-refractivity contribution in [3.8, 4) is 0 Å². The first kappa shape index (κ1) is 21.3. The SMILES string of the molecule is CC(Cl)C(=O)N1CCC[C@H](CNc2nc(C3CNC4NC=C(Cl)C=C43)ncc2F)C1. The van der Waals surface area contributed by atoms with Gasteiger partial charge in [-0.1, -0.05) is 11.6 Å². The molecule has 7 nitrogen and oxygen atoms in total. The van der Waals surface area contributed by atoms with Crippen LogP contribution in [0.1, 0.15) is 31.5 Å². The van der Waals surface area contributed by atoms with E-state index in [2.05, 4.69) is 25.9 Å². The molecule has 4 atom stereocenters. The van der Waals surface area contributed by atoms with Gasteiger partial charge in [-0.25, -0.2) is 14.4 Å². The van der Waals surface area contributed by atoms with Crippen molar-refractivity contribution >= 4 is 34.9 Å². The van der Waals surface area contributed by atoms with Crippen molar-refractivity contribution < 1.29 is 9.18 Å². The number of nitrogens with zero attached hydrogens (tertiary/aromatic N) is 3. The molecule has 162 valence electrons. The van der Waals surface area contributed by atoms with E-state index in [1.54, 1.807) is 18.0 Å². The minimum Gasteiger partial charge on any atom is -0.371 e. The fraction of sp³-hybridized carbons (Fsp3) is 0.550. The van der Waals surface area contributed by atoms with E-state index in [1.807, 2.05) is 6.08 Å². The molecule has 0 aliphatic carbocycles. The molecule has 0 spiro atoms. The number of carbonyl (C=O) groups excluding carboxylic acids is 1. The Morgan fingerprint density at radius 1 is 1.50 bits per heavy atom. The molecule has 0 bridgehead atoms. The number of aromatic nitrogens is 2. The summed E-state index contributed by atoms with van der Waals surface area (Å²) in [4.78, 5) is 22.6. The molecular weight excluding hydrogens is 430 g/mol. The summed E-state index contributed by atoms with van der Waals surface area (Å²) in [5.74, 6) is 0.311. The third-order valence-electron chi connectivity index (χ3n) is 5.76. The number of amides is 1. The Hall–Kier alpha value is -1.90. The van der Waals surface area contributed by atoms with Crippen LogP contribution in [0.5, 0.6) is 0 Å². The van der Waals surface area contributed by atoms with Gasteiger partial charge in [0.2, 0.25) is 5.91 Å². The van der Waals surface area contributed by atoms with Gasteiger partial charge >= 0.3 is 0 Å². The Balaban J connectivity index is 1.43. The van der Waals surface area contributed by atoms with Gasteiger partial charge in [-0.15, -0.1) is 11.6 Å². The van der Waals surface area contributed by atoms with E-state index in [0.717, 1.165) is 18.4 Å². The third-order valence-corrected chi connectivity index (χ3v) is 6.16. The monoisotopic (exact) mass is 454 g/mol. The Morgan fingerprint density at radius 2 is 2.33 bits per heavy atom. The first-order valence-corrected chi connectivity index (χ1v) is 11.0. The van der Waals surface area contributed by atoms with Crippen molar-refractivity contribution in [1.82, 2.24) is 25.5 Å².